The molecule has 0 aromatic heterocycles. The molecule has 1 saturated heterocycles. The summed E-state index contributed by atoms with van der Waals surface area (Å²) in [6.45, 7) is 6.49. The van der Waals surface area contributed by atoms with Crippen molar-refractivity contribution in [2.45, 2.75) is 51.0 Å². The number of amides is 1. The van der Waals surface area contributed by atoms with Crippen molar-refractivity contribution in [3.63, 3.8) is 0 Å². The zero-order valence-electron chi connectivity index (χ0n) is 13.4. The summed E-state index contributed by atoms with van der Waals surface area (Å²) < 4.78 is 27.6. The van der Waals surface area contributed by atoms with Gasteiger partial charge >= 0.3 is 0 Å². The first-order chi connectivity index (χ1) is 10.3. The molecule has 1 aromatic rings. The van der Waals surface area contributed by atoms with E-state index >= 15 is 0 Å². The number of benzene rings is 1. The zero-order chi connectivity index (χ0) is 16.3. The number of rotatable bonds is 5. The van der Waals surface area contributed by atoms with Gasteiger partial charge in [0.2, 0.25) is 15.9 Å². The molecule has 1 aliphatic heterocycles. The first kappa shape index (κ1) is 17.0. The van der Waals surface area contributed by atoms with Crippen LogP contribution in [-0.4, -0.2) is 38.4 Å². The summed E-state index contributed by atoms with van der Waals surface area (Å²) in [7, 11) is -3.55. The highest BCUT2D eigenvalue weighted by molar-refractivity contribution is 7.89. The zero-order valence-corrected chi connectivity index (χ0v) is 14.2. The topological polar surface area (TPSA) is 66.5 Å². The van der Waals surface area contributed by atoms with Crippen molar-refractivity contribution in [1.82, 2.24) is 9.62 Å². The van der Waals surface area contributed by atoms with E-state index in [1.165, 1.54) is 0 Å². The Morgan fingerprint density at radius 1 is 1.27 bits per heavy atom. The van der Waals surface area contributed by atoms with Crippen LogP contribution < -0.4 is 4.72 Å². The quantitative estimate of drug-likeness (QED) is 0.900. The molecule has 0 saturated carbocycles. The summed E-state index contributed by atoms with van der Waals surface area (Å²) >= 11 is 0. The molecule has 1 fully saturated rings. The van der Waals surface area contributed by atoms with Gasteiger partial charge in [0, 0.05) is 25.6 Å². The van der Waals surface area contributed by atoms with Gasteiger partial charge in [-0.25, -0.2) is 13.1 Å². The fourth-order valence-electron chi connectivity index (χ4n) is 2.71. The summed E-state index contributed by atoms with van der Waals surface area (Å²) in [5.41, 5.74) is 1.63. The number of likely N-dealkylation sites (tertiary alicyclic amines) is 1. The fraction of sp³-hybridized carbons (Fsp3) is 0.562. The third-order valence-electron chi connectivity index (χ3n) is 4.09. The van der Waals surface area contributed by atoms with E-state index < -0.39 is 10.0 Å². The Balaban J connectivity index is 2.06. The standard InChI is InChI=1S/C16H24N2O3S/c1-12-7-8-13(2)15(10-12)22(20,21)17-11-14(3)18-9-5-4-6-16(18)19/h7-8,10,14,17H,4-6,9,11H2,1-3H3/t14-/m0/s1. The SMILES string of the molecule is Cc1ccc(C)c(S(=O)(=O)NC[C@H](C)N2CCCCC2=O)c1. The van der Waals surface area contributed by atoms with Gasteiger partial charge in [-0.2, -0.15) is 0 Å². The maximum atomic E-state index is 12.5. The van der Waals surface area contributed by atoms with Crippen LogP contribution in [0.4, 0.5) is 0 Å². The van der Waals surface area contributed by atoms with Gasteiger partial charge < -0.3 is 4.90 Å². The second kappa shape index (κ2) is 6.79. The van der Waals surface area contributed by atoms with Crippen molar-refractivity contribution in [2.24, 2.45) is 0 Å². The maximum absolute atomic E-state index is 12.5. The molecule has 1 atom stereocenters. The largest absolute Gasteiger partial charge is 0.339 e. The Labute approximate surface area is 132 Å². The monoisotopic (exact) mass is 324 g/mol. The number of carbonyl (C=O) groups is 1. The molecule has 0 bridgehead atoms. The van der Waals surface area contributed by atoms with E-state index in [1.54, 1.807) is 17.9 Å². The van der Waals surface area contributed by atoms with Gasteiger partial charge in [-0.1, -0.05) is 12.1 Å². The van der Waals surface area contributed by atoms with Crippen molar-refractivity contribution < 1.29 is 13.2 Å². The van der Waals surface area contributed by atoms with Gasteiger partial charge in [0.15, 0.2) is 0 Å². The second-order valence-corrected chi connectivity index (χ2v) is 7.75. The molecule has 0 aliphatic carbocycles. The summed E-state index contributed by atoms with van der Waals surface area (Å²) in [4.78, 5) is 14.0. The lowest BCUT2D eigenvalue weighted by atomic mass is 10.1. The molecular formula is C16H24N2O3S. The summed E-state index contributed by atoms with van der Waals surface area (Å²) in [5, 5.41) is 0. The highest BCUT2D eigenvalue weighted by Gasteiger charge is 2.25. The summed E-state index contributed by atoms with van der Waals surface area (Å²) in [6.07, 6.45) is 2.48. The molecular weight excluding hydrogens is 300 g/mol. The molecule has 0 unspecified atom stereocenters. The minimum absolute atomic E-state index is 0.115. The van der Waals surface area contributed by atoms with Crippen LogP contribution in [0.5, 0.6) is 0 Å². The van der Waals surface area contributed by atoms with E-state index in [-0.39, 0.29) is 18.5 Å². The molecule has 1 aliphatic rings. The highest BCUT2D eigenvalue weighted by Crippen LogP contribution is 2.17. The maximum Gasteiger partial charge on any atom is 0.240 e. The van der Waals surface area contributed by atoms with Crippen molar-refractivity contribution >= 4 is 15.9 Å². The van der Waals surface area contributed by atoms with Crippen LogP contribution in [0, 0.1) is 13.8 Å². The normalized spacial score (nSPS) is 17.6. The van der Waals surface area contributed by atoms with E-state index in [4.69, 9.17) is 0 Å². The lowest BCUT2D eigenvalue weighted by Crippen LogP contribution is -2.47. The molecule has 1 heterocycles. The van der Waals surface area contributed by atoms with E-state index in [1.807, 2.05) is 26.0 Å². The fourth-order valence-corrected chi connectivity index (χ4v) is 4.16. The molecule has 0 spiro atoms. The van der Waals surface area contributed by atoms with E-state index in [9.17, 15) is 13.2 Å². The molecule has 122 valence electrons. The number of piperidine rings is 1. The Morgan fingerprint density at radius 2 is 2.00 bits per heavy atom. The molecule has 1 N–H and O–H groups in total. The first-order valence-corrected chi connectivity index (χ1v) is 9.16. The Kier molecular flexibility index (Phi) is 5.24. The second-order valence-electron chi connectivity index (χ2n) is 6.01. The predicted molar refractivity (Wildman–Crippen MR) is 86.1 cm³/mol. The van der Waals surface area contributed by atoms with E-state index in [2.05, 4.69) is 4.72 Å². The van der Waals surface area contributed by atoms with Gasteiger partial charge in [-0.3, -0.25) is 4.79 Å². The molecule has 6 heteroatoms. The van der Waals surface area contributed by atoms with E-state index in [0.29, 0.717) is 17.9 Å². The van der Waals surface area contributed by atoms with Crippen molar-refractivity contribution in [1.29, 1.82) is 0 Å². The lowest BCUT2D eigenvalue weighted by Gasteiger charge is -2.32. The molecule has 1 aromatic carbocycles. The Morgan fingerprint density at radius 3 is 2.68 bits per heavy atom. The number of nitrogens with one attached hydrogen (secondary N) is 1. The van der Waals surface area contributed by atoms with Gasteiger partial charge in [0.1, 0.15) is 0 Å². The van der Waals surface area contributed by atoms with Crippen LogP contribution in [0.2, 0.25) is 0 Å². The van der Waals surface area contributed by atoms with Gasteiger partial charge in [-0.05, 0) is 50.8 Å². The number of hydrogen-bond donors (Lipinski definition) is 1. The van der Waals surface area contributed by atoms with Crippen molar-refractivity contribution in [3.8, 4) is 0 Å². The van der Waals surface area contributed by atoms with Gasteiger partial charge in [-0.15, -0.1) is 0 Å². The van der Waals surface area contributed by atoms with Crippen LogP contribution in [0.3, 0.4) is 0 Å². The van der Waals surface area contributed by atoms with Crippen molar-refractivity contribution in [3.05, 3.63) is 29.3 Å². The predicted octanol–water partition coefficient (Wildman–Crippen LogP) is 1.98. The lowest BCUT2D eigenvalue weighted by molar-refractivity contribution is -0.135. The molecule has 2 rings (SSSR count). The van der Waals surface area contributed by atoms with Gasteiger partial charge in [0.05, 0.1) is 4.90 Å². The average molecular weight is 324 g/mol. The van der Waals surface area contributed by atoms with Crippen molar-refractivity contribution in [2.75, 3.05) is 13.1 Å². The highest BCUT2D eigenvalue weighted by atomic mass is 32.2. The summed E-state index contributed by atoms with van der Waals surface area (Å²) in [5.74, 6) is 0.115. The molecule has 5 nitrogen and oxygen atoms in total. The van der Waals surface area contributed by atoms with Crippen LogP contribution in [-0.2, 0) is 14.8 Å². The number of sulfonamides is 1. The minimum atomic E-state index is -3.55. The molecule has 0 radical (unpaired) electrons. The van der Waals surface area contributed by atoms with Crippen LogP contribution in [0.15, 0.2) is 23.1 Å². The number of carbonyl (C=O) groups excluding carboxylic acids is 1. The molecule has 1 amide bonds. The Bertz CT molecular complexity index is 655. The third-order valence-corrected chi connectivity index (χ3v) is 5.66. The van der Waals surface area contributed by atoms with Crippen LogP contribution in [0.25, 0.3) is 0 Å². The average Bonchev–Trinajstić information content (AvgIpc) is 2.48. The van der Waals surface area contributed by atoms with Gasteiger partial charge in [0.25, 0.3) is 0 Å². The number of aryl methyl sites for hydroxylation is 2. The number of nitrogens with zero attached hydrogens (tertiary/aromatic N) is 1. The third kappa shape index (κ3) is 3.87. The minimum Gasteiger partial charge on any atom is -0.339 e. The van der Waals surface area contributed by atoms with E-state index in [0.717, 1.165) is 24.0 Å². The Hall–Kier alpha value is -1.40. The first-order valence-electron chi connectivity index (χ1n) is 7.67. The smallest absolute Gasteiger partial charge is 0.240 e. The number of hydrogen-bond acceptors (Lipinski definition) is 3. The summed E-state index contributed by atoms with van der Waals surface area (Å²) in [6, 6.07) is 5.24. The van der Waals surface area contributed by atoms with Crippen LogP contribution in [0.1, 0.15) is 37.3 Å². The molecule has 22 heavy (non-hydrogen) atoms. The van der Waals surface area contributed by atoms with Crippen LogP contribution >= 0.6 is 0 Å².